The Bertz CT molecular complexity index is 816. The summed E-state index contributed by atoms with van der Waals surface area (Å²) in [4.78, 5) is 0. The average Bonchev–Trinajstić information content (AvgIpc) is 2.50. The first kappa shape index (κ1) is 18.5. The number of aliphatic hydroxyl groups excluding tert-OH is 1. The van der Waals surface area contributed by atoms with Gasteiger partial charge in [-0.15, -0.1) is 0 Å². The number of fused-ring (bicyclic) bond motifs is 1. The average molecular weight is 362 g/mol. The van der Waals surface area contributed by atoms with Crippen LogP contribution in [0.2, 0.25) is 0 Å². The Kier molecular flexibility index (Phi) is 5.39. The van der Waals surface area contributed by atoms with Crippen molar-refractivity contribution in [3.05, 3.63) is 42.0 Å². The van der Waals surface area contributed by atoms with Gasteiger partial charge in [-0.05, 0) is 47.7 Å². The number of aryl methyl sites for hydroxylation is 1. The highest BCUT2D eigenvalue weighted by Gasteiger charge is 2.48. The molecule has 2 aromatic carbocycles. The van der Waals surface area contributed by atoms with E-state index in [1.54, 1.807) is 12.1 Å². The Morgan fingerprint density at radius 1 is 1.12 bits per heavy atom. The highest BCUT2D eigenvalue weighted by molar-refractivity contribution is 7.88. The molecule has 1 unspecified atom stereocenters. The molecule has 0 amide bonds. The highest BCUT2D eigenvalue weighted by Crippen LogP contribution is 2.29. The largest absolute Gasteiger partial charge is 0.534 e. The molecular formula is C16H17F3O4S. The topological polar surface area (TPSA) is 63.6 Å². The lowest BCUT2D eigenvalue weighted by Gasteiger charge is -2.11. The molecule has 1 N–H and O–H groups in total. The van der Waals surface area contributed by atoms with Gasteiger partial charge in [0.2, 0.25) is 0 Å². The summed E-state index contributed by atoms with van der Waals surface area (Å²) >= 11 is 0. The zero-order valence-electron chi connectivity index (χ0n) is 12.9. The number of benzene rings is 2. The van der Waals surface area contributed by atoms with Gasteiger partial charge in [0.25, 0.3) is 0 Å². The Morgan fingerprint density at radius 2 is 1.79 bits per heavy atom. The summed E-state index contributed by atoms with van der Waals surface area (Å²) in [5.74, 6) is -0.398. The molecule has 24 heavy (non-hydrogen) atoms. The highest BCUT2D eigenvalue weighted by atomic mass is 32.2. The van der Waals surface area contributed by atoms with Gasteiger partial charge in [0.05, 0.1) is 6.10 Å². The number of hydrogen-bond acceptors (Lipinski definition) is 4. The molecule has 0 bridgehead atoms. The van der Waals surface area contributed by atoms with Crippen LogP contribution in [0.25, 0.3) is 10.8 Å². The van der Waals surface area contributed by atoms with Crippen molar-refractivity contribution in [3.8, 4) is 5.75 Å². The molecule has 0 aliphatic rings. The van der Waals surface area contributed by atoms with Crippen molar-refractivity contribution < 1.29 is 30.9 Å². The number of aliphatic hydroxyl groups is 1. The van der Waals surface area contributed by atoms with Crippen LogP contribution < -0.4 is 4.18 Å². The molecule has 0 aliphatic carbocycles. The molecule has 2 aromatic rings. The quantitative estimate of drug-likeness (QED) is 0.628. The maximum atomic E-state index is 12.4. The van der Waals surface area contributed by atoms with E-state index >= 15 is 0 Å². The zero-order chi connectivity index (χ0) is 18.0. The predicted molar refractivity (Wildman–Crippen MR) is 84.2 cm³/mol. The first-order chi connectivity index (χ1) is 11.1. The Balaban J connectivity index is 2.26. The fourth-order valence-electron chi connectivity index (χ4n) is 2.19. The van der Waals surface area contributed by atoms with Gasteiger partial charge in [-0.2, -0.15) is 21.6 Å². The van der Waals surface area contributed by atoms with Crippen LogP contribution in [-0.4, -0.2) is 25.1 Å². The summed E-state index contributed by atoms with van der Waals surface area (Å²) in [7, 11) is -5.69. The van der Waals surface area contributed by atoms with E-state index in [1.165, 1.54) is 18.2 Å². The maximum Gasteiger partial charge on any atom is 0.534 e. The van der Waals surface area contributed by atoms with E-state index in [9.17, 15) is 26.7 Å². The second kappa shape index (κ2) is 6.98. The van der Waals surface area contributed by atoms with E-state index in [0.717, 1.165) is 10.9 Å². The molecule has 0 saturated carbocycles. The van der Waals surface area contributed by atoms with Gasteiger partial charge in [-0.3, -0.25) is 0 Å². The Labute approximate surface area is 138 Å². The van der Waals surface area contributed by atoms with E-state index in [1.807, 2.05) is 13.0 Å². The van der Waals surface area contributed by atoms with Crippen molar-refractivity contribution in [3.63, 3.8) is 0 Å². The summed E-state index contributed by atoms with van der Waals surface area (Å²) in [6, 6.07) is 9.29. The van der Waals surface area contributed by atoms with E-state index in [2.05, 4.69) is 4.18 Å². The third kappa shape index (κ3) is 4.39. The van der Waals surface area contributed by atoms with Crippen molar-refractivity contribution in [2.45, 2.75) is 37.8 Å². The van der Waals surface area contributed by atoms with Gasteiger partial charge in [0, 0.05) is 0 Å². The number of rotatable bonds is 6. The van der Waals surface area contributed by atoms with Crippen molar-refractivity contribution in [2.75, 3.05) is 0 Å². The third-order valence-corrected chi connectivity index (χ3v) is 4.58. The van der Waals surface area contributed by atoms with Gasteiger partial charge in [-0.1, -0.05) is 31.2 Å². The summed E-state index contributed by atoms with van der Waals surface area (Å²) in [5.41, 5.74) is -4.58. The third-order valence-electron chi connectivity index (χ3n) is 3.60. The van der Waals surface area contributed by atoms with E-state index in [0.29, 0.717) is 24.6 Å². The fourth-order valence-corrected chi connectivity index (χ4v) is 2.64. The van der Waals surface area contributed by atoms with Crippen LogP contribution in [0, 0.1) is 0 Å². The minimum absolute atomic E-state index is 0.398. The normalized spacial score (nSPS) is 13.9. The standard InChI is InChI=1S/C16H17F3O4S/c1-2-14(20)7-4-11-3-5-12-6-8-15(10-13(12)9-11)23-24(21,22)16(17,18)19/h3,5-6,8-10,14,20H,2,4,7H2,1H3. The molecule has 132 valence electrons. The lowest BCUT2D eigenvalue weighted by atomic mass is 10.0. The molecule has 0 heterocycles. The van der Waals surface area contributed by atoms with E-state index in [4.69, 9.17) is 0 Å². The van der Waals surface area contributed by atoms with Crippen LogP contribution >= 0.6 is 0 Å². The second-order valence-corrected chi connectivity index (χ2v) is 6.97. The maximum absolute atomic E-state index is 12.4. The van der Waals surface area contributed by atoms with Crippen LogP contribution in [0.4, 0.5) is 13.2 Å². The van der Waals surface area contributed by atoms with E-state index < -0.39 is 27.5 Å². The molecule has 0 radical (unpaired) electrons. The van der Waals surface area contributed by atoms with Gasteiger partial charge in [-0.25, -0.2) is 0 Å². The second-order valence-electron chi connectivity index (χ2n) is 5.43. The molecule has 2 rings (SSSR count). The molecule has 4 nitrogen and oxygen atoms in total. The molecule has 0 aliphatic heterocycles. The van der Waals surface area contributed by atoms with Crippen LogP contribution in [-0.2, 0) is 16.5 Å². The van der Waals surface area contributed by atoms with Crippen LogP contribution in [0.1, 0.15) is 25.3 Å². The SMILES string of the molecule is CCC(O)CCc1ccc2ccc(OS(=O)(=O)C(F)(F)F)cc2c1. The summed E-state index contributed by atoms with van der Waals surface area (Å²) in [6.45, 7) is 1.87. The van der Waals surface area contributed by atoms with Gasteiger partial charge >= 0.3 is 15.6 Å². The number of alkyl halides is 3. The van der Waals surface area contributed by atoms with Crippen molar-refractivity contribution in [1.29, 1.82) is 0 Å². The minimum atomic E-state index is -5.69. The summed E-state index contributed by atoms with van der Waals surface area (Å²) in [5, 5.41) is 10.9. The lowest BCUT2D eigenvalue weighted by molar-refractivity contribution is -0.0500. The van der Waals surface area contributed by atoms with E-state index in [-0.39, 0.29) is 0 Å². The molecule has 1 atom stereocenters. The van der Waals surface area contributed by atoms with Crippen molar-refractivity contribution >= 4 is 20.9 Å². The van der Waals surface area contributed by atoms with Crippen molar-refractivity contribution in [2.24, 2.45) is 0 Å². The lowest BCUT2D eigenvalue weighted by Crippen LogP contribution is -2.28. The Hall–Kier alpha value is -1.80. The fraction of sp³-hybridized carbons (Fsp3) is 0.375. The molecule has 0 spiro atoms. The molecule has 0 fully saturated rings. The summed E-state index contributed by atoms with van der Waals surface area (Å²) in [6.07, 6.45) is 1.41. The number of halogens is 3. The number of hydrogen-bond donors (Lipinski definition) is 1. The molecule has 8 heteroatoms. The smallest absolute Gasteiger partial charge is 0.393 e. The molecular weight excluding hydrogens is 345 g/mol. The van der Waals surface area contributed by atoms with Crippen LogP contribution in [0.15, 0.2) is 36.4 Å². The summed E-state index contributed by atoms with van der Waals surface area (Å²) < 4.78 is 63.4. The Morgan fingerprint density at radius 3 is 2.42 bits per heavy atom. The first-order valence-corrected chi connectivity index (χ1v) is 8.74. The van der Waals surface area contributed by atoms with Gasteiger partial charge in [0.1, 0.15) is 5.75 Å². The van der Waals surface area contributed by atoms with Crippen LogP contribution in [0.5, 0.6) is 5.75 Å². The van der Waals surface area contributed by atoms with Crippen molar-refractivity contribution in [1.82, 2.24) is 0 Å². The first-order valence-electron chi connectivity index (χ1n) is 7.34. The monoisotopic (exact) mass is 362 g/mol. The zero-order valence-corrected chi connectivity index (χ0v) is 13.7. The molecule has 0 saturated heterocycles. The van der Waals surface area contributed by atoms with Gasteiger partial charge in [0.15, 0.2) is 0 Å². The van der Waals surface area contributed by atoms with Gasteiger partial charge < -0.3 is 9.29 Å². The van der Waals surface area contributed by atoms with Crippen LogP contribution in [0.3, 0.4) is 0 Å². The predicted octanol–water partition coefficient (Wildman–Crippen LogP) is 3.77. The molecule has 0 aromatic heterocycles. The minimum Gasteiger partial charge on any atom is -0.393 e.